The number of nitrogens with two attached hydrogens (primary N) is 1. The first-order valence-corrected chi connectivity index (χ1v) is 5.29. The number of carbonyl (C=O) groups is 1. The van der Waals surface area contributed by atoms with Crippen LogP contribution in [-0.4, -0.2) is 24.4 Å². The van der Waals surface area contributed by atoms with Gasteiger partial charge in [-0.3, -0.25) is 4.79 Å². The van der Waals surface area contributed by atoms with E-state index in [9.17, 15) is 18.0 Å². The van der Waals surface area contributed by atoms with Crippen molar-refractivity contribution in [1.29, 1.82) is 0 Å². The molecule has 5 nitrogen and oxygen atoms in total. The van der Waals surface area contributed by atoms with Gasteiger partial charge in [0.15, 0.2) is 0 Å². The molecule has 0 spiro atoms. The van der Waals surface area contributed by atoms with E-state index in [4.69, 9.17) is 5.73 Å². The summed E-state index contributed by atoms with van der Waals surface area (Å²) in [6, 6.07) is 1.45. The minimum absolute atomic E-state index is 0.0107. The minimum atomic E-state index is -4.85. The van der Waals surface area contributed by atoms with Crippen LogP contribution in [0, 0.1) is 6.92 Å². The van der Waals surface area contributed by atoms with Gasteiger partial charge in [0.2, 0.25) is 5.88 Å². The molecule has 0 aromatic carbocycles. The Morgan fingerprint density at radius 3 is 2.58 bits per heavy atom. The molecule has 8 heteroatoms. The van der Waals surface area contributed by atoms with E-state index in [0.717, 1.165) is 0 Å². The summed E-state index contributed by atoms with van der Waals surface area (Å²) in [5.41, 5.74) is 6.16. The van der Waals surface area contributed by atoms with Crippen molar-refractivity contribution in [1.82, 2.24) is 4.98 Å². The molecule has 0 saturated carbocycles. The first kappa shape index (κ1) is 15.2. The smallest absolute Gasteiger partial charge is 0.469 e. The summed E-state index contributed by atoms with van der Waals surface area (Å²) < 4.78 is 44.9. The maximum atomic E-state index is 12.2. The average molecular weight is 278 g/mol. The van der Waals surface area contributed by atoms with Gasteiger partial charge in [-0.05, 0) is 18.6 Å². The minimum Gasteiger partial charge on any atom is -0.469 e. The fourth-order valence-electron chi connectivity index (χ4n) is 1.42. The number of carbonyl (C=O) groups excluding carboxylic acids is 1. The SMILES string of the molecule is COC(=O)Cc1cc(CN)c(C)c(OC(F)(F)F)n1. The third-order valence-corrected chi connectivity index (χ3v) is 2.37. The molecule has 0 aliphatic heterocycles. The summed E-state index contributed by atoms with van der Waals surface area (Å²) in [5.74, 6) is -1.22. The van der Waals surface area contributed by atoms with E-state index >= 15 is 0 Å². The van der Waals surface area contributed by atoms with Gasteiger partial charge in [-0.15, -0.1) is 13.2 Å². The number of methoxy groups -OCH3 is 1. The van der Waals surface area contributed by atoms with E-state index < -0.39 is 18.2 Å². The number of alkyl halides is 3. The predicted octanol–water partition coefficient (Wildman–Crippen LogP) is 1.46. The Morgan fingerprint density at radius 2 is 2.11 bits per heavy atom. The van der Waals surface area contributed by atoms with Crippen LogP contribution in [0.2, 0.25) is 0 Å². The third kappa shape index (κ3) is 4.40. The third-order valence-electron chi connectivity index (χ3n) is 2.37. The van der Waals surface area contributed by atoms with Crippen LogP contribution in [0.1, 0.15) is 16.8 Å². The van der Waals surface area contributed by atoms with Crippen LogP contribution in [0.5, 0.6) is 5.88 Å². The molecule has 0 atom stereocenters. The molecule has 106 valence electrons. The fourth-order valence-corrected chi connectivity index (χ4v) is 1.42. The summed E-state index contributed by atoms with van der Waals surface area (Å²) in [7, 11) is 1.17. The molecule has 19 heavy (non-hydrogen) atoms. The molecular formula is C11H13F3N2O3. The number of nitrogens with zero attached hydrogens (tertiary/aromatic N) is 1. The van der Waals surface area contributed by atoms with Crippen molar-refractivity contribution in [2.75, 3.05) is 7.11 Å². The Kier molecular flexibility index (Phi) is 4.71. The number of halogens is 3. The van der Waals surface area contributed by atoms with E-state index in [1.165, 1.54) is 20.1 Å². The van der Waals surface area contributed by atoms with Crippen molar-refractivity contribution in [3.8, 4) is 5.88 Å². The van der Waals surface area contributed by atoms with Crippen molar-refractivity contribution in [2.45, 2.75) is 26.3 Å². The van der Waals surface area contributed by atoms with E-state index in [1.807, 2.05) is 0 Å². The summed E-state index contributed by atoms with van der Waals surface area (Å²) in [4.78, 5) is 14.8. The molecule has 1 aromatic heterocycles. The standard InChI is InChI=1S/C11H13F3N2O3/c1-6-7(5-15)3-8(4-9(17)18-2)16-10(6)19-11(12,13)14/h3H,4-5,15H2,1-2H3. The van der Waals surface area contributed by atoms with Gasteiger partial charge >= 0.3 is 12.3 Å². The topological polar surface area (TPSA) is 74.4 Å². The van der Waals surface area contributed by atoms with E-state index in [-0.39, 0.29) is 24.2 Å². The molecule has 0 radical (unpaired) electrons. The van der Waals surface area contributed by atoms with E-state index in [2.05, 4.69) is 14.5 Å². The number of ether oxygens (including phenoxy) is 2. The molecule has 1 heterocycles. The second kappa shape index (κ2) is 5.87. The normalized spacial score (nSPS) is 11.3. The number of aromatic nitrogens is 1. The van der Waals surface area contributed by atoms with Crippen LogP contribution >= 0.6 is 0 Å². The lowest BCUT2D eigenvalue weighted by Gasteiger charge is -2.14. The van der Waals surface area contributed by atoms with Crippen molar-refractivity contribution >= 4 is 5.97 Å². The zero-order chi connectivity index (χ0) is 14.6. The summed E-state index contributed by atoms with van der Waals surface area (Å²) in [5, 5.41) is 0. The molecule has 2 N–H and O–H groups in total. The zero-order valence-corrected chi connectivity index (χ0v) is 10.4. The largest absolute Gasteiger partial charge is 0.574 e. The van der Waals surface area contributed by atoms with Gasteiger partial charge in [-0.2, -0.15) is 0 Å². The van der Waals surface area contributed by atoms with Gasteiger partial charge in [0.05, 0.1) is 19.2 Å². The maximum Gasteiger partial charge on any atom is 0.574 e. The molecule has 0 saturated heterocycles. The first-order valence-electron chi connectivity index (χ1n) is 5.29. The second-order valence-electron chi connectivity index (χ2n) is 3.71. The Labute approximate surface area is 107 Å². The average Bonchev–Trinajstić information content (AvgIpc) is 2.31. The van der Waals surface area contributed by atoms with Gasteiger partial charge in [0.1, 0.15) is 0 Å². The highest BCUT2D eigenvalue weighted by molar-refractivity contribution is 5.72. The van der Waals surface area contributed by atoms with Crippen LogP contribution in [0.25, 0.3) is 0 Å². The maximum absolute atomic E-state index is 12.2. The predicted molar refractivity (Wildman–Crippen MR) is 59.3 cm³/mol. The van der Waals surface area contributed by atoms with Gasteiger partial charge in [-0.25, -0.2) is 4.98 Å². The lowest BCUT2D eigenvalue weighted by Crippen LogP contribution is -2.20. The van der Waals surface area contributed by atoms with Crippen LogP contribution in [0.4, 0.5) is 13.2 Å². The number of hydrogen-bond acceptors (Lipinski definition) is 5. The van der Waals surface area contributed by atoms with E-state index in [1.54, 1.807) is 0 Å². The van der Waals surface area contributed by atoms with Crippen molar-refractivity contribution in [2.24, 2.45) is 5.73 Å². The summed E-state index contributed by atoms with van der Waals surface area (Å²) in [6.45, 7) is 1.43. The summed E-state index contributed by atoms with van der Waals surface area (Å²) >= 11 is 0. The van der Waals surface area contributed by atoms with Gasteiger partial charge in [0.25, 0.3) is 0 Å². The number of esters is 1. The molecular weight excluding hydrogens is 265 g/mol. The van der Waals surface area contributed by atoms with Gasteiger partial charge < -0.3 is 15.2 Å². The number of pyridine rings is 1. The fraction of sp³-hybridized carbons (Fsp3) is 0.455. The lowest BCUT2D eigenvalue weighted by molar-refractivity contribution is -0.276. The molecule has 0 fully saturated rings. The van der Waals surface area contributed by atoms with Crippen molar-refractivity contribution in [3.05, 3.63) is 22.9 Å². The number of rotatable bonds is 4. The Bertz CT molecular complexity index is 475. The van der Waals surface area contributed by atoms with Crippen LogP contribution in [-0.2, 0) is 22.5 Å². The molecule has 1 aromatic rings. The Morgan fingerprint density at radius 1 is 1.47 bits per heavy atom. The molecule has 0 amide bonds. The van der Waals surface area contributed by atoms with E-state index in [0.29, 0.717) is 5.56 Å². The molecule has 0 aliphatic carbocycles. The van der Waals surface area contributed by atoms with Crippen molar-refractivity contribution < 1.29 is 27.4 Å². The first-order chi connectivity index (χ1) is 8.76. The highest BCUT2D eigenvalue weighted by atomic mass is 19.4. The zero-order valence-electron chi connectivity index (χ0n) is 10.4. The molecule has 0 bridgehead atoms. The highest BCUT2D eigenvalue weighted by Gasteiger charge is 2.33. The molecule has 1 rings (SSSR count). The van der Waals surface area contributed by atoms with Gasteiger partial charge in [0, 0.05) is 12.1 Å². The molecule has 0 aliphatic rings. The monoisotopic (exact) mass is 278 g/mol. The van der Waals surface area contributed by atoms with Gasteiger partial charge in [-0.1, -0.05) is 0 Å². The van der Waals surface area contributed by atoms with Crippen LogP contribution < -0.4 is 10.5 Å². The lowest BCUT2D eigenvalue weighted by atomic mass is 10.1. The molecule has 0 unspecified atom stereocenters. The quantitative estimate of drug-likeness (QED) is 0.844. The van der Waals surface area contributed by atoms with Crippen molar-refractivity contribution in [3.63, 3.8) is 0 Å². The number of hydrogen-bond donors (Lipinski definition) is 1. The highest BCUT2D eigenvalue weighted by Crippen LogP contribution is 2.27. The summed E-state index contributed by atoms with van der Waals surface area (Å²) in [6.07, 6.45) is -5.11. The Balaban J connectivity index is 3.14. The Hall–Kier alpha value is -1.83. The van der Waals surface area contributed by atoms with Crippen LogP contribution in [0.3, 0.4) is 0 Å². The van der Waals surface area contributed by atoms with Crippen LogP contribution in [0.15, 0.2) is 6.07 Å². The second-order valence-corrected chi connectivity index (χ2v) is 3.71.